The number of allylic oxidation sites excluding steroid dienone is 3. The molecule has 12 nitrogen and oxygen atoms in total. The van der Waals surface area contributed by atoms with Crippen molar-refractivity contribution in [2.45, 2.75) is 43.8 Å². The highest BCUT2D eigenvalue weighted by atomic mass is 35.5. The van der Waals surface area contributed by atoms with E-state index in [1.807, 2.05) is 0 Å². The van der Waals surface area contributed by atoms with E-state index in [0.29, 0.717) is 0 Å². The van der Waals surface area contributed by atoms with E-state index in [0.717, 1.165) is 19.2 Å². The highest BCUT2D eigenvalue weighted by molar-refractivity contribution is 6.34. The standard InChI is InChI=1S/C31H23ClO12/c1-9-7-30-8-10-16(15(9)24(38)21(30)25(39)17-11(33)3-4-12(34)18(17)28(30)41)23(37)19-26(40)20-13(35)5-6-14(36)31(20,29(42)43-2)44-27(19)22(10)32/h3-4,7,14-15,33-34,36-37,39-40H,5-6,8H2,1-2H3. The Bertz CT molecular complexity index is 1930. The van der Waals surface area contributed by atoms with Gasteiger partial charge in [0, 0.05) is 12.0 Å². The molecule has 2 aromatic rings. The summed E-state index contributed by atoms with van der Waals surface area (Å²) in [5, 5.41) is 66.4. The number of Topliss-reactive ketones (excluding diaryl/α,β-unsaturated/α-hetero) is 3. The summed E-state index contributed by atoms with van der Waals surface area (Å²) in [4.78, 5) is 54.7. The zero-order valence-electron chi connectivity index (χ0n) is 23.0. The number of fused-ring (bicyclic) bond motifs is 3. The van der Waals surface area contributed by atoms with Crippen molar-refractivity contribution in [3.05, 3.63) is 67.8 Å². The molecule has 1 fully saturated rings. The van der Waals surface area contributed by atoms with E-state index in [1.165, 1.54) is 13.0 Å². The van der Waals surface area contributed by atoms with Crippen LogP contribution in [-0.4, -0.2) is 72.8 Å². The van der Waals surface area contributed by atoms with Crippen molar-refractivity contribution in [2.24, 2.45) is 5.41 Å². The van der Waals surface area contributed by atoms with Gasteiger partial charge in [0.15, 0.2) is 23.1 Å². The van der Waals surface area contributed by atoms with E-state index in [4.69, 9.17) is 21.1 Å². The topological polar surface area (TPSA) is 208 Å². The van der Waals surface area contributed by atoms with E-state index >= 15 is 0 Å². The SMILES string of the molecule is COC(=O)C12Oc3c(Cl)c4c(c(O)c3C(O)=C1C(=O)CCC2O)C1C(=O)C2=C(O)c3c(O)ccc(O)c3C(=O)C2(C=C1C)C4. The molecule has 6 aliphatic rings. The molecule has 13 heteroatoms. The molecule has 0 radical (unpaired) electrons. The van der Waals surface area contributed by atoms with Gasteiger partial charge in [0.1, 0.15) is 40.4 Å². The Labute approximate surface area is 252 Å². The molecule has 4 atom stereocenters. The first kappa shape index (κ1) is 28.0. The molecule has 2 aromatic carbocycles. The van der Waals surface area contributed by atoms with Crippen LogP contribution in [0.2, 0.25) is 5.02 Å². The number of carbonyl (C=O) groups excluding carboxylic acids is 4. The lowest BCUT2D eigenvalue weighted by molar-refractivity contribution is -0.169. The van der Waals surface area contributed by atoms with Crippen LogP contribution in [0.3, 0.4) is 0 Å². The third-order valence-electron chi connectivity index (χ3n) is 9.39. The second-order valence-electron chi connectivity index (χ2n) is 11.5. The van der Waals surface area contributed by atoms with E-state index in [1.54, 1.807) is 0 Å². The number of aliphatic hydroxyl groups excluding tert-OH is 3. The molecule has 44 heavy (non-hydrogen) atoms. The van der Waals surface area contributed by atoms with E-state index in [2.05, 4.69) is 0 Å². The van der Waals surface area contributed by atoms with Gasteiger partial charge in [-0.2, -0.15) is 0 Å². The van der Waals surface area contributed by atoms with Crippen LogP contribution in [0, 0.1) is 5.41 Å². The second kappa shape index (κ2) is 8.64. The maximum atomic E-state index is 14.3. The lowest BCUT2D eigenvalue weighted by atomic mass is 9.61. The number of rotatable bonds is 1. The third-order valence-corrected chi connectivity index (χ3v) is 9.79. The van der Waals surface area contributed by atoms with Crippen LogP contribution in [0.4, 0.5) is 0 Å². The van der Waals surface area contributed by atoms with Gasteiger partial charge >= 0.3 is 5.97 Å². The number of ketones is 3. The fourth-order valence-electron chi connectivity index (χ4n) is 7.54. The molecule has 226 valence electrons. The number of halogens is 1. The Morgan fingerprint density at radius 2 is 1.64 bits per heavy atom. The van der Waals surface area contributed by atoms with Crippen molar-refractivity contribution < 1.29 is 59.3 Å². The van der Waals surface area contributed by atoms with Gasteiger partial charge in [-0.25, -0.2) is 4.79 Å². The Kier molecular flexibility index (Phi) is 5.50. The summed E-state index contributed by atoms with van der Waals surface area (Å²) in [5.74, 6) is -9.01. The quantitative estimate of drug-likeness (QED) is 0.154. The largest absolute Gasteiger partial charge is 0.507 e. The van der Waals surface area contributed by atoms with E-state index in [-0.39, 0.29) is 34.6 Å². The zero-order chi connectivity index (χ0) is 31.8. The van der Waals surface area contributed by atoms with Gasteiger partial charge in [-0.1, -0.05) is 23.3 Å². The fourth-order valence-corrected chi connectivity index (χ4v) is 7.84. The van der Waals surface area contributed by atoms with Crippen LogP contribution < -0.4 is 4.74 Å². The number of phenolic OH excluding ortho intramolecular Hbond substituents is 3. The highest BCUT2D eigenvalue weighted by Gasteiger charge is 2.63. The Morgan fingerprint density at radius 1 is 1.00 bits per heavy atom. The summed E-state index contributed by atoms with van der Waals surface area (Å²) < 4.78 is 10.8. The van der Waals surface area contributed by atoms with Crippen LogP contribution in [0.5, 0.6) is 23.0 Å². The maximum Gasteiger partial charge on any atom is 0.358 e. The fraction of sp³-hybridized carbons (Fsp3) is 0.290. The molecule has 2 bridgehead atoms. The average molecular weight is 623 g/mol. The zero-order valence-corrected chi connectivity index (χ0v) is 23.8. The lowest BCUT2D eigenvalue weighted by Gasteiger charge is -2.43. The molecule has 8 rings (SSSR count). The molecule has 4 unspecified atom stereocenters. The number of hydrogen-bond donors (Lipinski definition) is 6. The number of methoxy groups -OCH3 is 1. The van der Waals surface area contributed by atoms with Crippen molar-refractivity contribution in [3.8, 4) is 23.0 Å². The van der Waals surface area contributed by atoms with Gasteiger partial charge in [-0.05, 0) is 37.5 Å². The van der Waals surface area contributed by atoms with Crippen molar-refractivity contribution in [1.82, 2.24) is 0 Å². The Hall–Kier alpha value is -4.81. The molecule has 6 N–H and O–H groups in total. The molecule has 1 spiro atoms. The van der Waals surface area contributed by atoms with Gasteiger partial charge in [0.05, 0.1) is 45.7 Å². The summed E-state index contributed by atoms with van der Waals surface area (Å²) in [5.41, 5.74) is -6.83. The molecular weight excluding hydrogens is 600 g/mol. The number of benzene rings is 2. The van der Waals surface area contributed by atoms with E-state index < -0.39 is 115 Å². The Morgan fingerprint density at radius 3 is 2.30 bits per heavy atom. The number of ether oxygens (including phenoxy) is 2. The number of carbonyl (C=O) groups is 4. The van der Waals surface area contributed by atoms with Crippen LogP contribution in [0.1, 0.15) is 58.3 Å². The van der Waals surface area contributed by atoms with Gasteiger partial charge in [-0.3, -0.25) is 14.4 Å². The normalized spacial score (nSPS) is 28.3. The second-order valence-corrected chi connectivity index (χ2v) is 11.9. The van der Waals surface area contributed by atoms with Crippen molar-refractivity contribution >= 4 is 46.4 Å². The number of aliphatic hydroxyl groups is 3. The number of aromatic hydroxyl groups is 3. The molecule has 0 amide bonds. The number of esters is 1. The number of hydrogen-bond acceptors (Lipinski definition) is 12. The van der Waals surface area contributed by atoms with Gasteiger partial charge in [0.2, 0.25) is 0 Å². The molecular formula is C31H23ClO12. The minimum Gasteiger partial charge on any atom is -0.507 e. The van der Waals surface area contributed by atoms with Gasteiger partial charge < -0.3 is 40.1 Å². The highest BCUT2D eigenvalue weighted by Crippen LogP contribution is 2.63. The van der Waals surface area contributed by atoms with Crippen molar-refractivity contribution in [3.63, 3.8) is 0 Å². The maximum absolute atomic E-state index is 14.3. The molecule has 1 aliphatic heterocycles. The first-order chi connectivity index (χ1) is 20.7. The first-order valence-electron chi connectivity index (χ1n) is 13.5. The summed E-state index contributed by atoms with van der Waals surface area (Å²) in [6, 6.07) is 2.12. The summed E-state index contributed by atoms with van der Waals surface area (Å²) in [6.45, 7) is 1.52. The van der Waals surface area contributed by atoms with Crippen LogP contribution in [-0.2, 0) is 25.5 Å². The smallest absolute Gasteiger partial charge is 0.358 e. The Balaban J connectivity index is 1.57. The summed E-state index contributed by atoms with van der Waals surface area (Å²) in [6.07, 6.45) is -1.21. The molecule has 0 aromatic heterocycles. The summed E-state index contributed by atoms with van der Waals surface area (Å²) in [7, 11) is 0.990. The van der Waals surface area contributed by atoms with Crippen LogP contribution >= 0.6 is 11.6 Å². The minimum atomic E-state index is -2.54. The first-order valence-corrected chi connectivity index (χ1v) is 13.9. The summed E-state index contributed by atoms with van der Waals surface area (Å²) >= 11 is 6.90. The predicted octanol–water partition coefficient (Wildman–Crippen LogP) is 3.07. The molecule has 1 heterocycles. The molecule has 1 saturated carbocycles. The van der Waals surface area contributed by atoms with Crippen molar-refractivity contribution in [2.75, 3.05) is 7.11 Å². The molecule has 0 saturated heterocycles. The van der Waals surface area contributed by atoms with Crippen LogP contribution in [0.15, 0.2) is 34.9 Å². The minimum absolute atomic E-state index is 0.0264. The monoisotopic (exact) mass is 622 g/mol. The lowest BCUT2D eigenvalue weighted by Crippen LogP contribution is -2.61. The van der Waals surface area contributed by atoms with Crippen LogP contribution in [0.25, 0.3) is 11.5 Å². The number of phenols is 3. The van der Waals surface area contributed by atoms with Gasteiger partial charge in [0.25, 0.3) is 5.60 Å². The average Bonchev–Trinajstić information content (AvgIpc) is 3.19. The molecule has 5 aliphatic carbocycles. The predicted molar refractivity (Wildman–Crippen MR) is 150 cm³/mol. The van der Waals surface area contributed by atoms with E-state index in [9.17, 15) is 49.8 Å². The third kappa shape index (κ3) is 2.96. The van der Waals surface area contributed by atoms with Gasteiger partial charge in [-0.15, -0.1) is 0 Å². The van der Waals surface area contributed by atoms with Crippen molar-refractivity contribution in [1.29, 1.82) is 0 Å².